The first-order valence-corrected chi connectivity index (χ1v) is 9.36. The molecule has 0 saturated carbocycles. The molecule has 130 valence electrons. The van der Waals surface area contributed by atoms with Gasteiger partial charge in [-0.2, -0.15) is 0 Å². The predicted octanol–water partition coefficient (Wildman–Crippen LogP) is 3.59. The van der Waals surface area contributed by atoms with Crippen molar-refractivity contribution in [1.29, 1.82) is 0 Å². The Kier molecular flexibility index (Phi) is 6.43. The van der Waals surface area contributed by atoms with Crippen LogP contribution in [-0.4, -0.2) is 32.5 Å². The van der Waals surface area contributed by atoms with Gasteiger partial charge in [0.1, 0.15) is 5.82 Å². The van der Waals surface area contributed by atoms with E-state index in [0.29, 0.717) is 5.75 Å². The van der Waals surface area contributed by atoms with E-state index in [4.69, 9.17) is 0 Å². The molecule has 1 aromatic heterocycles. The largest absolute Gasteiger partial charge is 0.353 e. The smallest absolute Gasteiger partial charge is 0.230 e. The molecule has 0 spiro atoms. The highest BCUT2D eigenvalue weighted by Gasteiger charge is 2.16. The Morgan fingerprint density at radius 3 is 2.58 bits per heavy atom. The van der Waals surface area contributed by atoms with Crippen molar-refractivity contribution in [3.8, 4) is 5.69 Å². The Balaban J connectivity index is 2.16. The highest BCUT2D eigenvalue weighted by molar-refractivity contribution is 7.99. The van der Waals surface area contributed by atoms with Gasteiger partial charge in [0.05, 0.1) is 11.4 Å². The van der Waals surface area contributed by atoms with Crippen molar-refractivity contribution in [2.24, 2.45) is 0 Å². The van der Waals surface area contributed by atoms with E-state index in [2.05, 4.69) is 61.4 Å². The van der Waals surface area contributed by atoms with Gasteiger partial charge < -0.3 is 5.32 Å². The van der Waals surface area contributed by atoms with Gasteiger partial charge in [-0.1, -0.05) is 37.7 Å². The minimum absolute atomic E-state index is 0.0434. The van der Waals surface area contributed by atoms with Gasteiger partial charge in [0.25, 0.3) is 0 Å². The molecule has 1 heterocycles. The quantitative estimate of drug-likeness (QED) is 0.778. The Morgan fingerprint density at radius 2 is 1.92 bits per heavy atom. The molecule has 0 fully saturated rings. The highest BCUT2D eigenvalue weighted by atomic mass is 32.2. The van der Waals surface area contributed by atoms with Crippen molar-refractivity contribution < 1.29 is 4.79 Å². The van der Waals surface area contributed by atoms with Crippen molar-refractivity contribution in [3.63, 3.8) is 0 Å². The molecule has 2 aromatic rings. The molecule has 0 atom stereocenters. The summed E-state index contributed by atoms with van der Waals surface area (Å²) in [5, 5.41) is 12.3. The number of carbonyl (C=O) groups is 1. The number of carbonyl (C=O) groups excluding carboxylic acids is 1. The summed E-state index contributed by atoms with van der Waals surface area (Å²) in [6.07, 6.45) is 1.90. The van der Waals surface area contributed by atoms with E-state index in [1.54, 1.807) is 0 Å². The minimum atomic E-state index is 0.0434. The standard InChI is InChI=1S/C18H26N4OS/c1-6-15(7-2)19-17(23)11-24-18-21-20-14(5)22(18)16-10-12(3)8-9-13(16)4/h8-10,15H,6-7,11H2,1-5H3,(H,19,23). The van der Waals surface area contributed by atoms with Crippen LogP contribution >= 0.6 is 11.8 Å². The average molecular weight is 347 g/mol. The molecule has 0 saturated heterocycles. The van der Waals surface area contributed by atoms with Crippen LogP contribution in [-0.2, 0) is 4.79 Å². The van der Waals surface area contributed by atoms with Crippen LogP contribution in [0, 0.1) is 20.8 Å². The first-order valence-electron chi connectivity index (χ1n) is 8.38. The van der Waals surface area contributed by atoms with E-state index in [1.165, 1.54) is 17.3 Å². The van der Waals surface area contributed by atoms with Crippen LogP contribution in [0.5, 0.6) is 0 Å². The average Bonchev–Trinajstić information content (AvgIpc) is 2.93. The monoisotopic (exact) mass is 346 g/mol. The molecule has 0 radical (unpaired) electrons. The van der Waals surface area contributed by atoms with Gasteiger partial charge in [-0.25, -0.2) is 0 Å². The van der Waals surface area contributed by atoms with E-state index in [0.717, 1.165) is 35.1 Å². The second kappa shape index (κ2) is 8.33. The number of rotatable bonds is 7. The first-order chi connectivity index (χ1) is 11.5. The topological polar surface area (TPSA) is 59.8 Å². The fourth-order valence-corrected chi connectivity index (χ4v) is 3.37. The van der Waals surface area contributed by atoms with Gasteiger partial charge in [0.2, 0.25) is 5.91 Å². The lowest BCUT2D eigenvalue weighted by Gasteiger charge is -2.15. The normalized spacial score (nSPS) is 11.1. The van der Waals surface area contributed by atoms with Gasteiger partial charge in [-0.15, -0.1) is 10.2 Å². The van der Waals surface area contributed by atoms with Gasteiger partial charge in [0, 0.05) is 6.04 Å². The second-order valence-corrected chi connectivity index (χ2v) is 6.97. The molecular formula is C18H26N4OS. The van der Waals surface area contributed by atoms with Gasteiger partial charge in [0.15, 0.2) is 5.16 Å². The number of aromatic nitrogens is 3. The van der Waals surface area contributed by atoms with Crippen molar-refractivity contribution in [3.05, 3.63) is 35.2 Å². The molecular weight excluding hydrogens is 320 g/mol. The number of amides is 1. The molecule has 5 nitrogen and oxygen atoms in total. The lowest BCUT2D eigenvalue weighted by molar-refractivity contribution is -0.119. The van der Waals surface area contributed by atoms with Crippen molar-refractivity contribution in [1.82, 2.24) is 20.1 Å². The molecule has 0 bridgehead atoms. The minimum Gasteiger partial charge on any atom is -0.353 e. The molecule has 0 aliphatic carbocycles. The number of hydrogen-bond donors (Lipinski definition) is 1. The molecule has 0 unspecified atom stereocenters. The predicted molar refractivity (Wildman–Crippen MR) is 98.8 cm³/mol. The fourth-order valence-electron chi connectivity index (χ4n) is 2.57. The molecule has 0 aliphatic rings. The Morgan fingerprint density at radius 1 is 1.21 bits per heavy atom. The number of thioether (sulfide) groups is 1. The fraction of sp³-hybridized carbons (Fsp3) is 0.500. The van der Waals surface area contributed by atoms with E-state index in [-0.39, 0.29) is 11.9 Å². The molecule has 1 N–H and O–H groups in total. The second-order valence-electron chi connectivity index (χ2n) is 6.02. The van der Waals surface area contributed by atoms with Crippen molar-refractivity contribution >= 4 is 17.7 Å². The third-order valence-corrected chi connectivity index (χ3v) is 5.01. The maximum Gasteiger partial charge on any atom is 0.230 e. The van der Waals surface area contributed by atoms with Crippen LogP contribution in [0.2, 0.25) is 0 Å². The lowest BCUT2D eigenvalue weighted by atomic mass is 10.1. The molecule has 1 amide bonds. The van der Waals surface area contributed by atoms with E-state index < -0.39 is 0 Å². The maximum absolute atomic E-state index is 12.1. The first kappa shape index (κ1) is 18.5. The summed E-state index contributed by atoms with van der Waals surface area (Å²) in [6, 6.07) is 6.56. The molecule has 24 heavy (non-hydrogen) atoms. The molecule has 6 heteroatoms. The summed E-state index contributed by atoms with van der Waals surface area (Å²) >= 11 is 1.43. The Hall–Kier alpha value is -1.82. The van der Waals surface area contributed by atoms with Gasteiger partial charge >= 0.3 is 0 Å². The Bertz CT molecular complexity index is 707. The number of hydrogen-bond acceptors (Lipinski definition) is 4. The maximum atomic E-state index is 12.1. The van der Waals surface area contributed by atoms with Crippen molar-refractivity contribution in [2.45, 2.75) is 58.7 Å². The summed E-state index contributed by atoms with van der Waals surface area (Å²) in [5.74, 6) is 1.22. The van der Waals surface area contributed by atoms with Crippen LogP contribution in [0.15, 0.2) is 23.4 Å². The van der Waals surface area contributed by atoms with Crippen LogP contribution in [0.25, 0.3) is 5.69 Å². The van der Waals surface area contributed by atoms with Gasteiger partial charge in [-0.3, -0.25) is 9.36 Å². The van der Waals surface area contributed by atoms with E-state index in [9.17, 15) is 4.79 Å². The van der Waals surface area contributed by atoms with Crippen LogP contribution in [0.3, 0.4) is 0 Å². The lowest BCUT2D eigenvalue weighted by Crippen LogP contribution is -2.35. The highest BCUT2D eigenvalue weighted by Crippen LogP contribution is 2.24. The zero-order chi connectivity index (χ0) is 17.7. The number of nitrogens with one attached hydrogen (secondary N) is 1. The molecule has 2 rings (SSSR count). The zero-order valence-electron chi connectivity index (χ0n) is 15.1. The number of aryl methyl sites for hydroxylation is 3. The number of nitrogens with zero attached hydrogens (tertiary/aromatic N) is 3. The summed E-state index contributed by atoms with van der Waals surface area (Å²) in [4.78, 5) is 12.1. The third-order valence-electron chi connectivity index (χ3n) is 4.08. The van der Waals surface area contributed by atoms with E-state index >= 15 is 0 Å². The van der Waals surface area contributed by atoms with Gasteiger partial charge in [-0.05, 0) is 50.8 Å². The molecule has 1 aromatic carbocycles. The van der Waals surface area contributed by atoms with E-state index in [1.807, 2.05) is 11.5 Å². The van der Waals surface area contributed by atoms with Crippen molar-refractivity contribution in [2.75, 3.05) is 5.75 Å². The van der Waals surface area contributed by atoms with Crippen LogP contribution < -0.4 is 5.32 Å². The number of benzene rings is 1. The summed E-state index contributed by atoms with van der Waals surface area (Å²) in [6.45, 7) is 10.2. The zero-order valence-corrected chi connectivity index (χ0v) is 15.9. The Labute approximate surface area is 148 Å². The third kappa shape index (κ3) is 4.38. The SMILES string of the molecule is CCC(CC)NC(=O)CSc1nnc(C)n1-c1cc(C)ccc1C. The summed E-state index contributed by atoms with van der Waals surface area (Å²) in [7, 11) is 0. The summed E-state index contributed by atoms with van der Waals surface area (Å²) in [5.41, 5.74) is 3.42. The summed E-state index contributed by atoms with van der Waals surface area (Å²) < 4.78 is 2.03. The van der Waals surface area contributed by atoms with Crippen LogP contribution in [0.4, 0.5) is 0 Å². The molecule has 0 aliphatic heterocycles. The van der Waals surface area contributed by atoms with Crippen LogP contribution in [0.1, 0.15) is 43.6 Å².